The van der Waals surface area contributed by atoms with Crippen molar-refractivity contribution in [2.75, 3.05) is 7.11 Å². The second-order valence-corrected chi connectivity index (χ2v) is 4.88. The topological polar surface area (TPSA) is 29.5 Å². The van der Waals surface area contributed by atoms with Crippen LogP contribution < -0.4 is 0 Å². The van der Waals surface area contributed by atoms with E-state index in [0.717, 1.165) is 5.56 Å². The number of halogens is 2. The highest BCUT2D eigenvalue weighted by molar-refractivity contribution is 6.42. The van der Waals surface area contributed by atoms with Crippen molar-refractivity contribution in [2.24, 2.45) is 5.92 Å². The molecule has 2 unspecified atom stereocenters. The smallest absolute Gasteiger partial charge is 0.105 e. The Bertz CT molecular complexity index is 353. The highest BCUT2D eigenvalue weighted by Crippen LogP contribution is 2.29. The number of rotatable bonds is 4. The van der Waals surface area contributed by atoms with Gasteiger partial charge in [-0.25, -0.2) is 0 Å². The maximum Gasteiger partial charge on any atom is 0.105 e. The van der Waals surface area contributed by atoms with Gasteiger partial charge in [-0.1, -0.05) is 43.1 Å². The van der Waals surface area contributed by atoms with E-state index in [4.69, 9.17) is 27.9 Å². The Morgan fingerprint density at radius 2 is 1.81 bits per heavy atom. The molecule has 0 heterocycles. The van der Waals surface area contributed by atoms with E-state index in [1.807, 2.05) is 13.8 Å². The molecule has 0 saturated heterocycles. The van der Waals surface area contributed by atoms with E-state index in [1.165, 1.54) is 0 Å². The largest absolute Gasteiger partial charge is 0.386 e. The first-order valence-electron chi connectivity index (χ1n) is 5.13. The molecule has 16 heavy (non-hydrogen) atoms. The molecule has 0 radical (unpaired) electrons. The van der Waals surface area contributed by atoms with Crippen LogP contribution in [0.3, 0.4) is 0 Å². The second kappa shape index (κ2) is 5.87. The van der Waals surface area contributed by atoms with Crippen LogP contribution in [0, 0.1) is 5.92 Å². The Hall–Kier alpha value is -0.280. The molecule has 0 aliphatic heterocycles. The quantitative estimate of drug-likeness (QED) is 0.897. The fraction of sp³-hybridized carbons (Fsp3) is 0.500. The molecule has 2 atom stereocenters. The minimum absolute atomic E-state index is 0.217. The van der Waals surface area contributed by atoms with Crippen LogP contribution in [0.25, 0.3) is 0 Å². The summed E-state index contributed by atoms with van der Waals surface area (Å²) in [6, 6.07) is 5.10. The van der Waals surface area contributed by atoms with Crippen molar-refractivity contribution >= 4 is 23.2 Å². The Morgan fingerprint density at radius 1 is 1.19 bits per heavy atom. The number of aliphatic hydroxyl groups is 1. The van der Waals surface area contributed by atoms with Crippen molar-refractivity contribution in [2.45, 2.75) is 26.1 Å². The van der Waals surface area contributed by atoms with Gasteiger partial charge in [0.2, 0.25) is 0 Å². The Morgan fingerprint density at radius 3 is 2.25 bits per heavy atom. The van der Waals surface area contributed by atoms with Gasteiger partial charge in [0, 0.05) is 7.11 Å². The van der Waals surface area contributed by atoms with Crippen LogP contribution in [0.1, 0.15) is 25.5 Å². The van der Waals surface area contributed by atoms with Gasteiger partial charge in [0.25, 0.3) is 0 Å². The van der Waals surface area contributed by atoms with E-state index in [1.54, 1.807) is 25.3 Å². The van der Waals surface area contributed by atoms with E-state index in [9.17, 15) is 5.11 Å². The van der Waals surface area contributed by atoms with Gasteiger partial charge in [-0.2, -0.15) is 0 Å². The minimum atomic E-state index is -0.695. The van der Waals surface area contributed by atoms with Crippen molar-refractivity contribution in [3.8, 4) is 0 Å². The molecule has 0 spiro atoms. The lowest BCUT2D eigenvalue weighted by Gasteiger charge is -2.25. The van der Waals surface area contributed by atoms with Crippen LogP contribution in [0.2, 0.25) is 10.0 Å². The maximum atomic E-state index is 10.1. The first-order chi connectivity index (χ1) is 7.47. The van der Waals surface area contributed by atoms with Crippen LogP contribution in [0.4, 0.5) is 0 Å². The van der Waals surface area contributed by atoms with Gasteiger partial charge in [0.15, 0.2) is 0 Å². The average molecular weight is 263 g/mol. The highest BCUT2D eigenvalue weighted by Gasteiger charge is 2.24. The van der Waals surface area contributed by atoms with E-state index in [-0.39, 0.29) is 12.0 Å². The molecule has 2 nitrogen and oxygen atoms in total. The van der Waals surface area contributed by atoms with Crippen LogP contribution in [-0.2, 0) is 4.74 Å². The summed E-state index contributed by atoms with van der Waals surface area (Å²) < 4.78 is 5.27. The van der Waals surface area contributed by atoms with Crippen LogP contribution >= 0.6 is 23.2 Å². The van der Waals surface area contributed by atoms with E-state index < -0.39 is 6.10 Å². The zero-order chi connectivity index (χ0) is 12.3. The van der Waals surface area contributed by atoms with Gasteiger partial charge in [-0.3, -0.25) is 0 Å². The second-order valence-electron chi connectivity index (χ2n) is 4.06. The Kier molecular flexibility index (Phi) is 5.06. The summed E-state index contributed by atoms with van der Waals surface area (Å²) in [5.41, 5.74) is 0.718. The molecule has 0 bridgehead atoms. The third kappa shape index (κ3) is 3.11. The molecule has 1 aromatic carbocycles. The average Bonchev–Trinajstić information content (AvgIpc) is 2.22. The van der Waals surface area contributed by atoms with Crippen LogP contribution in [0.15, 0.2) is 18.2 Å². The number of hydrogen-bond donors (Lipinski definition) is 1. The molecule has 4 heteroatoms. The molecule has 1 aromatic rings. The summed E-state index contributed by atoms with van der Waals surface area (Å²) in [7, 11) is 1.59. The Labute approximate surface area is 106 Å². The predicted octanol–water partition coefficient (Wildman–Crippen LogP) is 3.70. The van der Waals surface area contributed by atoms with Crippen molar-refractivity contribution in [3.63, 3.8) is 0 Å². The summed E-state index contributed by atoms with van der Waals surface area (Å²) in [6.45, 7) is 3.99. The zero-order valence-electron chi connectivity index (χ0n) is 9.58. The lowest BCUT2D eigenvalue weighted by atomic mass is 9.96. The fourth-order valence-corrected chi connectivity index (χ4v) is 1.96. The standard InChI is InChI=1S/C12H16Cl2O2/c1-7(2)12(16-3)11(15)8-4-5-9(13)10(14)6-8/h4-7,11-12,15H,1-3H3. The monoisotopic (exact) mass is 262 g/mol. The number of benzene rings is 1. The highest BCUT2D eigenvalue weighted by atomic mass is 35.5. The molecule has 0 amide bonds. The molecule has 0 saturated carbocycles. The summed E-state index contributed by atoms with van der Waals surface area (Å²) in [4.78, 5) is 0. The minimum Gasteiger partial charge on any atom is -0.386 e. The molecule has 0 aliphatic carbocycles. The van der Waals surface area contributed by atoms with Crippen LogP contribution in [-0.4, -0.2) is 18.3 Å². The van der Waals surface area contributed by atoms with Gasteiger partial charge in [-0.15, -0.1) is 0 Å². The van der Waals surface area contributed by atoms with Crippen molar-refractivity contribution in [1.82, 2.24) is 0 Å². The lowest BCUT2D eigenvalue weighted by molar-refractivity contribution is -0.0390. The van der Waals surface area contributed by atoms with Crippen molar-refractivity contribution < 1.29 is 9.84 Å². The van der Waals surface area contributed by atoms with Gasteiger partial charge >= 0.3 is 0 Å². The lowest BCUT2D eigenvalue weighted by Crippen LogP contribution is -2.26. The van der Waals surface area contributed by atoms with Gasteiger partial charge in [0.1, 0.15) is 6.10 Å². The van der Waals surface area contributed by atoms with Gasteiger partial charge in [-0.05, 0) is 23.6 Å². The van der Waals surface area contributed by atoms with E-state index >= 15 is 0 Å². The van der Waals surface area contributed by atoms with Crippen molar-refractivity contribution in [3.05, 3.63) is 33.8 Å². The Balaban J connectivity index is 2.94. The first-order valence-corrected chi connectivity index (χ1v) is 5.88. The zero-order valence-corrected chi connectivity index (χ0v) is 11.1. The maximum absolute atomic E-state index is 10.1. The molecular formula is C12H16Cl2O2. The third-order valence-corrected chi connectivity index (χ3v) is 3.26. The van der Waals surface area contributed by atoms with Gasteiger partial charge in [0.05, 0.1) is 16.1 Å². The van der Waals surface area contributed by atoms with E-state index in [0.29, 0.717) is 10.0 Å². The molecular weight excluding hydrogens is 247 g/mol. The number of hydrogen-bond acceptors (Lipinski definition) is 2. The molecule has 0 aromatic heterocycles. The predicted molar refractivity (Wildman–Crippen MR) is 67.1 cm³/mol. The number of ether oxygens (including phenoxy) is 1. The number of methoxy groups -OCH3 is 1. The third-order valence-electron chi connectivity index (χ3n) is 2.53. The fourth-order valence-electron chi connectivity index (χ4n) is 1.65. The molecule has 0 fully saturated rings. The number of aliphatic hydroxyl groups excluding tert-OH is 1. The molecule has 1 N–H and O–H groups in total. The van der Waals surface area contributed by atoms with Gasteiger partial charge < -0.3 is 9.84 Å². The summed E-state index contributed by atoms with van der Waals surface area (Å²) in [5.74, 6) is 0.217. The normalized spacial score (nSPS) is 15.2. The first kappa shape index (κ1) is 13.8. The summed E-state index contributed by atoms with van der Waals surface area (Å²) in [5, 5.41) is 11.1. The summed E-state index contributed by atoms with van der Waals surface area (Å²) in [6.07, 6.45) is -0.947. The van der Waals surface area contributed by atoms with Crippen LogP contribution in [0.5, 0.6) is 0 Å². The molecule has 90 valence electrons. The molecule has 0 aliphatic rings. The van der Waals surface area contributed by atoms with Crippen molar-refractivity contribution in [1.29, 1.82) is 0 Å². The molecule has 1 rings (SSSR count). The van der Waals surface area contributed by atoms with E-state index in [2.05, 4.69) is 0 Å². The summed E-state index contributed by atoms with van der Waals surface area (Å²) >= 11 is 11.7. The SMILES string of the molecule is COC(C(C)C)C(O)c1ccc(Cl)c(Cl)c1.